The number of nitrogen functional groups attached to an aromatic ring is 1. The number of nitrogens with two attached hydrogens (primary N) is 1. The number of hydrogen-bond donors (Lipinski definition) is 1. The van der Waals surface area contributed by atoms with E-state index in [1.165, 1.54) is 35.7 Å². The monoisotopic (exact) mass is 349 g/mol. The second-order valence-corrected chi connectivity index (χ2v) is 8.10. The molecule has 5 heteroatoms. The molecule has 0 fully saturated rings. The average Bonchev–Trinajstić information content (AvgIpc) is 2.87. The highest BCUT2D eigenvalue weighted by Crippen LogP contribution is 2.30. The van der Waals surface area contributed by atoms with E-state index in [9.17, 15) is 0 Å². The maximum atomic E-state index is 5.75. The van der Waals surface area contributed by atoms with Crippen molar-refractivity contribution in [2.24, 2.45) is 0 Å². The first-order chi connectivity index (χ1) is 11.2. The Bertz CT molecular complexity index is 569. The molecule has 2 aromatic rings. The molecule has 23 heavy (non-hydrogen) atoms. The zero-order valence-electron chi connectivity index (χ0n) is 14.1. The van der Waals surface area contributed by atoms with Crippen molar-refractivity contribution in [2.75, 3.05) is 31.1 Å². The van der Waals surface area contributed by atoms with Gasteiger partial charge in [0.25, 0.3) is 0 Å². The lowest BCUT2D eigenvalue weighted by Crippen LogP contribution is -2.28. The van der Waals surface area contributed by atoms with Gasteiger partial charge in [0.1, 0.15) is 0 Å². The van der Waals surface area contributed by atoms with Gasteiger partial charge in [0.15, 0.2) is 5.13 Å². The highest BCUT2D eigenvalue weighted by atomic mass is 32.2. The predicted octanol–water partition coefficient (Wildman–Crippen LogP) is 4.47. The summed E-state index contributed by atoms with van der Waals surface area (Å²) in [5.41, 5.74) is 8.26. The van der Waals surface area contributed by atoms with Gasteiger partial charge in [-0.1, -0.05) is 48.6 Å². The van der Waals surface area contributed by atoms with Crippen molar-refractivity contribution in [3.8, 4) is 0 Å². The Hall–Kier alpha value is -1.04. The highest BCUT2D eigenvalue weighted by Gasteiger charge is 2.07. The summed E-state index contributed by atoms with van der Waals surface area (Å²) in [5.74, 6) is 1.13. The third kappa shape index (κ3) is 6.53. The fourth-order valence-corrected chi connectivity index (χ4v) is 4.59. The smallest absolute Gasteiger partial charge is 0.181 e. The zero-order chi connectivity index (χ0) is 16.5. The summed E-state index contributed by atoms with van der Waals surface area (Å²) in [6.07, 6.45) is 3.56. The van der Waals surface area contributed by atoms with E-state index in [4.69, 9.17) is 5.73 Å². The van der Waals surface area contributed by atoms with Crippen LogP contribution in [0.1, 0.15) is 31.0 Å². The number of thiazole rings is 1. The largest absolute Gasteiger partial charge is 0.375 e. The highest BCUT2D eigenvalue weighted by molar-refractivity contribution is 8.01. The van der Waals surface area contributed by atoms with E-state index in [-0.39, 0.29) is 0 Å². The summed E-state index contributed by atoms with van der Waals surface area (Å²) in [7, 11) is 0. The molecule has 0 unspecified atom stereocenters. The lowest BCUT2D eigenvalue weighted by Gasteiger charge is -2.21. The minimum Gasteiger partial charge on any atom is -0.375 e. The number of nitrogens with zero attached hydrogens (tertiary/aromatic N) is 2. The van der Waals surface area contributed by atoms with Gasteiger partial charge in [-0.25, -0.2) is 4.98 Å². The summed E-state index contributed by atoms with van der Waals surface area (Å²) in [4.78, 5) is 6.87. The molecule has 2 N–H and O–H groups in total. The minimum absolute atomic E-state index is 0.681. The molecule has 0 atom stereocenters. The molecule has 0 radical (unpaired) electrons. The van der Waals surface area contributed by atoms with Crippen molar-refractivity contribution >= 4 is 28.2 Å². The Kier molecular flexibility index (Phi) is 7.92. The van der Waals surface area contributed by atoms with E-state index < -0.39 is 0 Å². The molecule has 1 heterocycles. The molecule has 0 spiro atoms. The first-order valence-electron chi connectivity index (χ1n) is 8.31. The minimum atomic E-state index is 0.681. The van der Waals surface area contributed by atoms with Gasteiger partial charge >= 0.3 is 0 Å². The van der Waals surface area contributed by atoms with Crippen LogP contribution in [0.5, 0.6) is 0 Å². The first kappa shape index (κ1) is 18.3. The van der Waals surface area contributed by atoms with Crippen molar-refractivity contribution in [3.63, 3.8) is 0 Å². The van der Waals surface area contributed by atoms with Gasteiger partial charge in [-0.2, -0.15) is 0 Å². The summed E-state index contributed by atoms with van der Waals surface area (Å²) in [5, 5.41) is 0.681. The maximum absolute atomic E-state index is 5.75. The number of thioether (sulfide) groups is 1. The second-order valence-electron chi connectivity index (χ2n) is 5.70. The fourth-order valence-electron chi connectivity index (χ4n) is 2.57. The molecular weight excluding hydrogens is 322 g/mol. The van der Waals surface area contributed by atoms with Gasteiger partial charge in [0, 0.05) is 12.3 Å². The Morgan fingerprint density at radius 1 is 1.17 bits per heavy atom. The molecule has 1 aromatic heterocycles. The van der Waals surface area contributed by atoms with Crippen LogP contribution in [0, 0.1) is 6.92 Å². The molecule has 0 amide bonds. The lowest BCUT2D eigenvalue weighted by molar-refractivity contribution is 0.279. The molecular formula is C18H27N3S2. The van der Waals surface area contributed by atoms with E-state index in [1.807, 2.05) is 18.7 Å². The molecule has 0 aliphatic rings. The van der Waals surface area contributed by atoms with Crippen LogP contribution in [0.15, 0.2) is 34.5 Å². The third-order valence-corrected chi connectivity index (χ3v) is 6.16. The van der Waals surface area contributed by atoms with Gasteiger partial charge < -0.3 is 10.6 Å². The number of hydrogen-bond acceptors (Lipinski definition) is 5. The predicted molar refractivity (Wildman–Crippen MR) is 103 cm³/mol. The zero-order valence-corrected chi connectivity index (χ0v) is 15.8. The number of anilines is 1. The SMILES string of the molecule is CCCN(CCCSc1sc(N)nc1C)CCc1ccccc1. The van der Waals surface area contributed by atoms with Crippen LogP contribution in [-0.2, 0) is 6.42 Å². The molecule has 0 saturated carbocycles. The topological polar surface area (TPSA) is 42.1 Å². The third-order valence-electron chi connectivity index (χ3n) is 3.72. The molecule has 0 saturated heterocycles. The number of aryl methyl sites for hydroxylation is 1. The van der Waals surface area contributed by atoms with Crippen molar-refractivity contribution in [1.82, 2.24) is 9.88 Å². The lowest BCUT2D eigenvalue weighted by atomic mass is 10.1. The van der Waals surface area contributed by atoms with Gasteiger partial charge in [-0.05, 0) is 44.8 Å². The van der Waals surface area contributed by atoms with Crippen LogP contribution in [0.25, 0.3) is 0 Å². The van der Waals surface area contributed by atoms with E-state index in [0.717, 1.165) is 24.4 Å². The van der Waals surface area contributed by atoms with Crippen LogP contribution >= 0.6 is 23.1 Å². The normalized spacial score (nSPS) is 11.3. The van der Waals surface area contributed by atoms with Gasteiger partial charge in [-0.3, -0.25) is 0 Å². The van der Waals surface area contributed by atoms with Crippen molar-refractivity contribution in [1.29, 1.82) is 0 Å². The molecule has 3 nitrogen and oxygen atoms in total. The fraction of sp³-hybridized carbons (Fsp3) is 0.500. The molecule has 1 aromatic carbocycles. The van der Waals surface area contributed by atoms with Crippen molar-refractivity contribution in [3.05, 3.63) is 41.6 Å². The van der Waals surface area contributed by atoms with E-state index in [2.05, 4.69) is 47.1 Å². The van der Waals surface area contributed by atoms with Crippen LogP contribution in [0.3, 0.4) is 0 Å². The van der Waals surface area contributed by atoms with Gasteiger partial charge in [0.05, 0.1) is 9.90 Å². The van der Waals surface area contributed by atoms with Gasteiger partial charge in [-0.15, -0.1) is 11.8 Å². The average molecular weight is 350 g/mol. The Labute approximate surface area is 148 Å². The summed E-state index contributed by atoms with van der Waals surface area (Å²) < 4.78 is 1.27. The molecule has 0 bridgehead atoms. The summed E-state index contributed by atoms with van der Waals surface area (Å²) in [6, 6.07) is 10.8. The Morgan fingerprint density at radius 3 is 2.61 bits per heavy atom. The molecule has 126 valence electrons. The first-order valence-corrected chi connectivity index (χ1v) is 10.1. The molecule has 2 rings (SSSR count). The molecule has 0 aliphatic heterocycles. The quantitative estimate of drug-likeness (QED) is 0.507. The van der Waals surface area contributed by atoms with Crippen LogP contribution in [0.2, 0.25) is 0 Å². The van der Waals surface area contributed by atoms with Crippen LogP contribution in [-0.4, -0.2) is 35.3 Å². The summed E-state index contributed by atoms with van der Waals surface area (Å²) in [6.45, 7) is 7.80. The summed E-state index contributed by atoms with van der Waals surface area (Å²) >= 11 is 3.50. The van der Waals surface area contributed by atoms with Crippen molar-refractivity contribution in [2.45, 2.75) is 37.3 Å². The van der Waals surface area contributed by atoms with Gasteiger partial charge in [0.2, 0.25) is 0 Å². The second kappa shape index (κ2) is 9.96. The van der Waals surface area contributed by atoms with Crippen LogP contribution < -0.4 is 5.73 Å². The maximum Gasteiger partial charge on any atom is 0.181 e. The van der Waals surface area contributed by atoms with Crippen molar-refractivity contribution < 1.29 is 0 Å². The standard InChI is InChI=1S/C18H27N3S2/c1-3-11-21(13-10-16-8-5-4-6-9-16)12-7-14-22-17-15(2)20-18(19)23-17/h4-6,8-9H,3,7,10-14H2,1-2H3,(H2,19,20). The van der Waals surface area contributed by atoms with E-state index in [0.29, 0.717) is 5.13 Å². The molecule has 0 aliphatic carbocycles. The van der Waals surface area contributed by atoms with E-state index in [1.54, 1.807) is 11.3 Å². The van der Waals surface area contributed by atoms with E-state index >= 15 is 0 Å². The Morgan fingerprint density at radius 2 is 1.96 bits per heavy atom. The Balaban J connectivity index is 1.70. The number of benzene rings is 1. The number of aromatic nitrogens is 1. The van der Waals surface area contributed by atoms with Crippen LogP contribution in [0.4, 0.5) is 5.13 Å². The number of rotatable bonds is 10.